The summed E-state index contributed by atoms with van der Waals surface area (Å²) >= 11 is 2.48. The number of carboxylic acid groups (broad SMARTS) is 1. The molecule has 43 heteroatoms. The first kappa shape index (κ1) is 105. The molecule has 4 aliphatic carbocycles. The SMILES string of the molecule is CCC[C@H](NC(C)=O)C(=O)N[C@H](Cc1cnc[nH]1)C(=O)N(C)[C@@H](CC1CCC(F)CC1)C(=O)N[C@H]1CSCc2cccc(c2)CSC[C@@H](C(N)=O)NC(=O)[C@@H]2CCCN2C(=O)[C@H](CC2CCC(O)CC2)NC(=O)[C@H](CC2CNCN2)NC(=O)[C@H](CC(=O)O)NC(=O)[C@H](CC2CNC3CCC(F)CC23)NC(=O)[C@H](CC2CNC3CCC(F)CC23)NC(=O)CNC(=O)[C@H](CCCCN)NC1=O. The van der Waals surface area contributed by atoms with Crippen molar-refractivity contribution < 1.29 is 95.3 Å². The molecule has 9 unspecified atom stereocenters. The normalized spacial score (nSPS) is 31.9. The Morgan fingerprint density at radius 3 is 1.83 bits per heavy atom. The Kier molecular flexibility index (Phi) is 40.6. The number of primary amides is 1. The zero-order chi connectivity index (χ0) is 96.2. The van der Waals surface area contributed by atoms with E-state index in [0.29, 0.717) is 89.5 Å². The number of carbonyl (C=O) groups is 15. The van der Waals surface area contributed by atoms with Gasteiger partial charge in [0.2, 0.25) is 82.7 Å². The molecule has 14 amide bonds. The van der Waals surface area contributed by atoms with Crippen LogP contribution < -0.4 is 91.2 Å². The number of likely N-dealkylation sites (N-methyl/N-ethyl adjacent to an activating group) is 1. The van der Waals surface area contributed by atoms with E-state index in [4.69, 9.17) is 11.5 Å². The van der Waals surface area contributed by atoms with Crippen molar-refractivity contribution in [3.63, 3.8) is 0 Å². The smallest absolute Gasteiger partial charge is 0.305 e. The van der Waals surface area contributed by atoms with Crippen LogP contribution in [0.1, 0.15) is 204 Å². The van der Waals surface area contributed by atoms with Crippen molar-refractivity contribution >= 4 is 112 Å². The molecule has 2 aromatic rings. The summed E-state index contributed by atoms with van der Waals surface area (Å²) in [6.45, 7) is 3.58. The summed E-state index contributed by atoms with van der Waals surface area (Å²) in [5.74, 6) is -15.3. The van der Waals surface area contributed by atoms with E-state index >= 15 is 47.1 Å². The number of imidazole rings is 1. The van der Waals surface area contributed by atoms with Crippen LogP contribution in [-0.2, 0) is 89.8 Å². The number of hydrogen-bond acceptors (Lipinski definition) is 24. The minimum Gasteiger partial charge on any atom is -0.481 e. The van der Waals surface area contributed by atoms with E-state index < -0.39 is 217 Å². The largest absolute Gasteiger partial charge is 0.481 e. The predicted molar refractivity (Wildman–Crippen MR) is 492 cm³/mol. The number of amides is 14. The van der Waals surface area contributed by atoms with Gasteiger partial charge in [-0.1, -0.05) is 37.6 Å². The van der Waals surface area contributed by atoms with E-state index in [1.54, 1.807) is 6.07 Å². The van der Waals surface area contributed by atoms with Crippen LogP contribution in [0, 0.1) is 35.5 Å². The molecule has 9 aliphatic rings. The zero-order valence-corrected chi connectivity index (χ0v) is 78.6. The number of unbranched alkanes of at least 4 members (excludes halogenated alkanes) is 1. The number of benzene rings is 1. The molecule has 5 aliphatic heterocycles. The van der Waals surface area contributed by atoms with Gasteiger partial charge >= 0.3 is 5.97 Å². The Bertz CT molecular complexity index is 4330. The van der Waals surface area contributed by atoms with Crippen LogP contribution in [-0.4, -0.2) is 298 Å². The Labute approximate surface area is 788 Å². The molecule has 0 spiro atoms. The maximum atomic E-state index is 15.6. The molecule has 21 atom stereocenters. The second-order valence-corrected chi connectivity index (χ2v) is 40.2. The minimum atomic E-state index is -1.98. The number of hydrogen-bond donors (Lipinski definition) is 20. The standard InChI is InChI=1S/C91H140F3N21O17S2/c1-4-9-66(104-49(2)116)82(123)111-73(36-60-41-98-48-103-60)90(131)114(3)77(30-51-14-18-56(92)19-15-51)89(130)113-75-46-134-44-53-11-7-10-52(28-53)43-133-45-74(80(96)121)112-88(129)76-13-8-27-115(76)91(132)72(29-50-16-22-61(117)23-17-50)110-85(126)70(35-59-40-97-47-102-59)108-86(127)71(37-79(119)120)109-84(125)69(32-55-39-100-65-25-21-58(94)34-63(55)65)107-83(124)68(31-54-38-99-64-24-20-57(93)33-62(54)64)105-78(118)42-101-81(122)67(106-87(75)128)12-5-6-26-95/h7,10-11,28,41,48,50-51,54-59,61-77,97,99-100,102,117H,4-6,8-9,12-27,29-40,42-47,95H2,1-3H3,(H2,96,121)(H,98,103)(H,101,122)(H,104,116)(H,105,118)(H,106,128)(H,107,124)(H,108,127)(H,109,125)(H,110,126)(H,111,123)(H,112,129)(H,113,130)(H,119,120)/t50?,51?,54?,55?,56?,57?,58?,59?,61?,62?,63?,64?,65?,66-,67-,68-,69-,70-,71-,72-,73+,74-,75-,76-,77-/m0/s1. The van der Waals surface area contributed by atoms with Gasteiger partial charge < -0.3 is 116 Å². The number of nitrogens with two attached hydrogens (primary N) is 2. The van der Waals surface area contributed by atoms with Crippen LogP contribution >= 0.6 is 23.5 Å². The van der Waals surface area contributed by atoms with E-state index in [1.807, 2.05) is 25.1 Å². The highest BCUT2D eigenvalue weighted by molar-refractivity contribution is 7.98. The average Bonchev–Trinajstić information content (AvgIpc) is 1.69. The van der Waals surface area contributed by atoms with E-state index in [0.717, 1.165) is 11.1 Å². The van der Waals surface area contributed by atoms with Crippen molar-refractivity contribution in [1.29, 1.82) is 0 Å². The fourth-order valence-corrected chi connectivity index (χ4v) is 22.8. The van der Waals surface area contributed by atoms with E-state index in [1.165, 1.54) is 59.8 Å². The summed E-state index contributed by atoms with van der Waals surface area (Å²) in [4.78, 5) is 230. The molecule has 11 rings (SSSR count). The first-order valence-corrected chi connectivity index (χ1v) is 50.3. The summed E-state index contributed by atoms with van der Waals surface area (Å²) in [5, 5.41) is 64.7. The van der Waals surface area contributed by atoms with Crippen molar-refractivity contribution in [1.82, 2.24) is 99.5 Å². The van der Waals surface area contributed by atoms with Gasteiger partial charge in [0.25, 0.3) is 0 Å². The fraction of sp³-hybridized carbons (Fsp3) is 0.736. The summed E-state index contributed by atoms with van der Waals surface area (Å²) in [7, 11) is 1.38. The monoisotopic (exact) mass is 1920 g/mol. The van der Waals surface area contributed by atoms with Gasteiger partial charge in [0.1, 0.15) is 91.0 Å². The first-order chi connectivity index (χ1) is 64.3. The van der Waals surface area contributed by atoms with Crippen molar-refractivity contribution in [3.05, 3.63) is 53.6 Å². The number of fused-ring (bicyclic) bond motifs is 5. The molecule has 22 N–H and O–H groups in total. The van der Waals surface area contributed by atoms with Gasteiger partial charge in [0.15, 0.2) is 0 Å². The number of nitrogens with zero attached hydrogens (tertiary/aromatic N) is 3. The number of aliphatic hydroxyl groups is 1. The number of aromatic nitrogens is 2. The molecule has 4 saturated carbocycles. The number of aromatic amines is 1. The third-order valence-corrected chi connectivity index (χ3v) is 30.4. The van der Waals surface area contributed by atoms with E-state index in [-0.39, 0.29) is 188 Å². The highest BCUT2D eigenvalue weighted by Crippen LogP contribution is 2.41. The third-order valence-electron chi connectivity index (χ3n) is 28.1. The van der Waals surface area contributed by atoms with Crippen LogP contribution in [0.5, 0.6) is 0 Å². The number of alkyl halides is 3. The predicted octanol–water partition coefficient (Wildman–Crippen LogP) is -0.175. The molecule has 1 aromatic carbocycles. The molecule has 0 radical (unpaired) electrons. The third kappa shape index (κ3) is 31.1. The van der Waals surface area contributed by atoms with Crippen LogP contribution in [0.15, 0.2) is 36.8 Å². The first-order valence-electron chi connectivity index (χ1n) is 48.0. The molecule has 134 heavy (non-hydrogen) atoms. The number of rotatable bonds is 28. The Hall–Kier alpha value is -9.27. The second-order valence-electron chi connectivity index (χ2n) is 38.1. The Morgan fingerprint density at radius 1 is 0.634 bits per heavy atom. The molecule has 6 heterocycles. The lowest BCUT2D eigenvalue weighted by molar-refractivity contribution is -0.143. The molecule has 2 bridgehead atoms. The highest BCUT2D eigenvalue weighted by Gasteiger charge is 2.48. The summed E-state index contributed by atoms with van der Waals surface area (Å²) in [6.07, 6.45) is 3.14. The van der Waals surface area contributed by atoms with E-state index in [2.05, 4.69) is 89.7 Å². The Morgan fingerprint density at radius 2 is 1.23 bits per heavy atom. The molecule has 38 nitrogen and oxygen atoms in total. The number of aliphatic hydroxyl groups excluding tert-OH is 1. The van der Waals surface area contributed by atoms with Crippen molar-refractivity contribution in [2.24, 2.45) is 47.0 Å². The molecular formula is C91H140F3N21O17S2. The van der Waals surface area contributed by atoms with Crippen LogP contribution in [0.3, 0.4) is 0 Å². The van der Waals surface area contributed by atoms with Gasteiger partial charge in [-0.25, -0.2) is 18.2 Å². The number of thioether (sulfide) groups is 2. The van der Waals surface area contributed by atoms with Gasteiger partial charge in [-0.2, -0.15) is 23.5 Å². The lowest BCUT2D eigenvalue weighted by Gasteiger charge is -2.35. The van der Waals surface area contributed by atoms with Gasteiger partial charge in [-0.3, -0.25) is 71.9 Å². The maximum absolute atomic E-state index is 15.6. The zero-order valence-electron chi connectivity index (χ0n) is 76.9. The van der Waals surface area contributed by atoms with Gasteiger partial charge in [-0.05, 0) is 227 Å². The molecule has 1 aromatic heterocycles. The number of halogens is 3. The van der Waals surface area contributed by atoms with Gasteiger partial charge in [0, 0.05) is 93.2 Å². The lowest BCUT2D eigenvalue weighted by atomic mass is 9.76. The molecule has 4 saturated heterocycles. The molecular weight excluding hydrogens is 1780 g/mol. The number of aliphatic carboxylic acids is 1. The number of nitrogens with one attached hydrogen (secondary N) is 16. The van der Waals surface area contributed by atoms with E-state index in [9.17, 15) is 48.2 Å². The summed E-state index contributed by atoms with van der Waals surface area (Å²) in [6, 6.07) is -10.8. The molecule has 8 fully saturated rings. The van der Waals surface area contributed by atoms with Crippen LogP contribution in [0.4, 0.5) is 13.2 Å². The number of carbonyl (C=O) groups excluding carboxylic acids is 14. The van der Waals surface area contributed by atoms with Crippen LogP contribution in [0.25, 0.3) is 0 Å². The van der Waals surface area contributed by atoms with Gasteiger partial charge in [0.05, 0.1) is 25.4 Å². The quantitative estimate of drug-likeness (QED) is 0.0492. The van der Waals surface area contributed by atoms with Crippen molar-refractivity contribution in [3.8, 4) is 0 Å². The number of carboxylic acids is 1. The average molecular weight is 1920 g/mol. The highest BCUT2D eigenvalue weighted by atomic mass is 32.2. The van der Waals surface area contributed by atoms with Gasteiger partial charge in [-0.15, -0.1) is 0 Å². The molecule has 744 valence electrons. The Balaban J connectivity index is 0.932. The topological polar surface area (TPSA) is 564 Å². The van der Waals surface area contributed by atoms with Crippen molar-refractivity contribution in [2.45, 2.75) is 320 Å². The van der Waals surface area contributed by atoms with Crippen LogP contribution in [0.2, 0.25) is 0 Å². The summed E-state index contributed by atoms with van der Waals surface area (Å²) in [5.41, 5.74) is 13.9. The lowest BCUT2D eigenvalue weighted by Crippen LogP contribution is -2.61. The fourth-order valence-electron chi connectivity index (χ4n) is 20.8. The number of H-pyrrole nitrogens is 1. The minimum absolute atomic E-state index is 0.0271. The van der Waals surface area contributed by atoms with Crippen molar-refractivity contribution in [2.75, 3.05) is 64.5 Å². The summed E-state index contributed by atoms with van der Waals surface area (Å²) < 4.78 is 46.0. The maximum Gasteiger partial charge on any atom is 0.305 e. The second kappa shape index (κ2) is 51.8.